The molecule has 0 spiro atoms. The number of nitrogens with two attached hydrogens (primary N) is 1. The number of nitrogens with one attached hydrogen (secondary N) is 1. The van der Waals surface area contributed by atoms with Crippen molar-refractivity contribution < 1.29 is 4.79 Å². The van der Waals surface area contributed by atoms with Crippen molar-refractivity contribution in [1.29, 1.82) is 0 Å². The summed E-state index contributed by atoms with van der Waals surface area (Å²) in [6, 6.07) is 1.93. The molecule has 0 aliphatic rings. The van der Waals surface area contributed by atoms with Crippen LogP contribution in [0.2, 0.25) is 0 Å². The van der Waals surface area contributed by atoms with Crippen LogP contribution in [0.5, 0.6) is 0 Å². The van der Waals surface area contributed by atoms with Crippen LogP contribution in [-0.2, 0) is 18.3 Å². The van der Waals surface area contributed by atoms with E-state index in [1.165, 1.54) is 0 Å². The smallest absolute Gasteiger partial charge is 0.226 e. The second-order valence-corrected chi connectivity index (χ2v) is 3.78. The third-order valence-corrected chi connectivity index (χ3v) is 2.20. The van der Waals surface area contributed by atoms with Gasteiger partial charge in [-0.3, -0.25) is 9.48 Å². The Balaban J connectivity index is 2.55. The predicted octanol–water partition coefficient (Wildman–Crippen LogP) is -0.266. The first-order valence-corrected chi connectivity index (χ1v) is 5.02. The molecule has 0 radical (unpaired) electrons. The molecule has 5 heteroatoms. The Labute approximate surface area is 89.6 Å². The fourth-order valence-electron chi connectivity index (χ4n) is 1.38. The van der Waals surface area contributed by atoms with E-state index in [0.717, 1.165) is 11.4 Å². The largest absolute Gasteiger partial charge is 0.352 e. The molecule has 1 amide bonds. The first-order chi connectivity index (χ1) is 7.02. The zero-order valence-corrected chi connectivity index (χ0v) is 9.45. The monoisotopic (exact) mass is 210 g/mol. The molecule has 84 valence electrons. The van der Waals surface area contributed by atoms with Crippen LogP contribution in [0.4, 0.5) is 0 Å². The molecule has 5 nitrogen and oxygen atoms in total. The standard InChI is InChI=1S/C10H18N4O/c1-7-4-9(14(3)13-7)5-10(15)12-8(2)6-11/h4,8H,5-6,11H2,1-3H3,(H,12,15). The number of rotatable bonds is 4. The lowest BCUT2D eigenvalue weighted by atomic mass is 10.2. The van der Waals surface area contributed by atoms with Crippen LogP contribution in [0.1, 0.15) is 18.3 Å². The molecule has 3 N–H and O–H groups in total. The molecule has 1 unspecified atom stereocenters. The van der Waals surface area contributed by atoms with Gasteiger partial charge in [0.05, 0.1) is 12.1 Å². The molecule has 0 aromatic carbocycles. The lowest BCUT2D eigenvalue weighted by Crippen LogP contribution is -2.38. The van der Waals surface area contributed by atoms with Crippen LogP contribution in [0, 0.1) is 6.92 Å². The van der Waals surface area contributed by atoms with Crippen molar-refractivity contribution >= 4 is 5.91 Å². The highest BCUT2D eigenvalue weighted by atomic mass is 16.1. The SMILES string of the molecule is Cc1cc(CC(=O)NC(C)CN)n(C)n1. The maximum Gasteiger partial charge on any atom is 0.226 e. The Morgan fingerprint density at radius 3 is 2.87 bits per heavy atom. The second-order valence-electron chi connectivity index (χ2n) is 3.78. The average Bonchev–Trinajstić information content (AvgIpc) is 2.44. The van der Waals surface area contributed by atoms with Crippen molar-refractivity contribution in [2.45, 2.75) is 26.3 Å². The van der Waals surface area contributed by atoms with E-state index in [-0.39, 0.29) is 11.9 Å². The molecule has 0 bridgehead atoms. The van der Waals surface area contributed by atoms with Gasteiger partial charge in [-0.15, -0.1) is 0 Å². The van der Waals surface area contributed by atoms with Gasteiger partial charge in [-0.2, -0.15) is 5.10 Å². The van der Waals surface area contributed by atoms with E-state index in [1.54, 1.807) is 4.68 Å². The van der Waals surface area contributed by atoms with Crippen LogP contribution in [0.25, 0.3) is 0 Å². The molecule has 15 heavy (non-hydrogen) atoms. The van der Waals surface area contributed by atoms with Crippen molar-refractivity contribution in [2.75, 3.05) is 6.54 Å². The number of aryl methyl sites for hydroxylation is 2. The zero-order chi connectivity index (χ0) is 11.4. The molecular formula is C10H18N4O. The van der Waals surface area contributed by atoms with E-state index in [9.17, 15) is 4.79 Å². The number of nitrogens with zero attached hydrogens (tertiary/aromatic N) is 2. The molecule has 1 aromatic heterocycles. The van der Waals surface area contributed by atoms with Gasteiger partial charge in [0.15, 0.2) is 0 Å². The second kappa shape index (κ2) is 4.93. The van der Waals surface area contributed by atoms with Gasteiger partial charge in [-0.05, 0) is 19.9 Å². The summed E-state index contributed by atoms with van der Waals surface area (Å²) in [4.78, 5) is 11.5. The predicted molar refractivity (Wildman–Crippen MR) is 58.3 cm³/mol. The summed E-state index contributed by atoms with van der Waals surface area (Å²) in [6.07, 6.45) is 0.349. The normalized spacial score (nSPS) is 12.5. The maximum absolute atomic E-state index is 11.5. The number of amides is 1. The van der Waals surface area contributed by atoms with E-state index < -0.39 is 0 Å². The summed E-state index contributed by atoms with van der Waals surface area (Å²) in [6.45, 7) is 4.24. The number of hydrogen-bond acceptors (Lipinski definition) is 3. The van der Waals surface area contributed by atoms with Crippen molar-refractivity contribution in [1.82, 2.24) is 15.1 Å². The topological polar surface area (TPSA) is 72.9 Å². The fourth-order valence-corrected chi connectivity index (χ4v) is 1.38. The third-order valence-electron chi connectivity index (χ3n) is 2.20. The number of aromatic nitrogens is 2. The van der Waals surface area contributed by atoms with Gasteiger partial charge >= 0.3 is 0 Å². The van der Waals surface area contributed by atoms with Gasteiger partial charge in [0.1, 0.15) is 0 Å². The molecule has 0 saturated heterocycles. The van der Waals surface area contributed by atoms with Crippen molar-refractivity contribution in [3.63, 3.8) is 0 Å². The Hall–Kier alpha value is -1.36. The quantitative estimate of drug-likeness (QED) is 0.718. The van der Waals surface area contributed by atoms with Crippen LogP contribution in [0.15, 0.2) is 6.07 Å². The Morgan fingerprint density at radius 1 is 1.73 bits per heavy atom. The van der Waals surface area contributed by atoms with E-state index in [0.29, 0.717) is 13.0 Å². The van der Waals surface area contributed by atoms with Crippen molar-refractivity contribution in [3.8, 4) is 0 Å². The summed E-state index contributed by atoms with van der Waals surface area (Å²) in [5, 5.41) is 6.98. The highest BCUT2D eigenvalue weighted by Crippen LogP contribution is 2.02. The molecule has 0 aliphatic heterocycles. The Morgan fingerprint density at radius 2 is 2.40 bits per heavy atom. The Bertz CT molecular complexity index is 345. The molecule has 0 fully saturated rings. The van der Waals surface area contributed by atoms with E-state index >= 15 is 0 Å². The summed E-state index contributed by atoms with van der Waals surface area (Å²) in [7, 11) is 1.84. The highest BCUT2D eigenvalue weighted by molar-refractivity contribution is 5.78. The molecule has 0 saturated carbocycles. The van der Waals surface area contributed by atoms with Gasteiger partial charge in [0.25, 0.3) is 0 Å². The van der Waals surface area contributed by atoms with Crippen LogP contribution in [0.3, 0.4) is 0 Å². The van der Waals surface area contributed by atoms with Gasteiger partial charge < -0.3 is 11.1 Å². The minimum atomic E-state index is -0.0176. The van der Waals surface area contributed by atoms with Gasteiger partial charge in [0, 0.05) is 25.3 Å². The van der Waals surface area contributed by atoms with Gasteiger partial charge in [0.2, 0.25) is 5.91 Å². The van der Waals surface area contributed by atoms with Crippen LogP contribution in [-0.4, -0.2) is 28.3 Å². The van der Waals surface area contributed by atoms with Gasteiger partial charge in [-0.25, -0.2) is 0 Å². The Kier molecular flexibility index (Phi) is 3.85. The average molecular weight is 210 g/mol. The zero-order valence-electron chi connectivity index (χ0n) is 9.45. The number of carbonyl (C=O) groups excluding carboxylic acids is 1. The molecular weight excluding hydrogens is 192 g/mol. The van der Waals surface area contributed by atoms with Crippen molar-refractivity contribution in [2.24, 2.45) is 12.8 Å². The van der Waals surface area contributed by atoms with E-state index in [2.05, 4.69) is 10.4 Å². The first kappa shape index (κ1) is 11.7. The maximum atomic E-state index is 11.5. The van der Waals surface area contributed by atoms with Gasteiger partial charge in [-0.1, -0.05) is 0 Å². The molecule has 1 rings (SSSR count). The first-order valence-electron chi connectivity index (χ1n) is 5.02. The lowest BCUT2D eigenvalue weighted by molar-refractivity contribution is -0.121. The minimum absolute atomic E-state index is 0.0176. The molecule has 1 heterocycles. The van der Waals surface area contributed by atoms with Crippen LogP contribution >= 0.6 is 0 Å². The number of carbonyl (C=O) groups is 1. The summed E-state index contributed by atoms with van der Waals surface area (Å²) >= 11 is 0. The van der Waals surface area contributed by atoms with E-state index in [4.69, 9.17) is 5.73 Å². The minimum Gasteiger partial charge on any atom is -0.352 e. The lowest BCUT2D eigenvalue weighted by Gasteiger charge is -2.10. The summed E-state index contributed by atoms with van der Waals surface area (Å²) in [5.74, 6) is -0.0176. The van der Waals surface area contributed by atoms with E-state index in [1.807, 2.05) is 27.0 Å². The molecule has 0 aliphatic carbocycles. The summed E-state index contributed by atoms with van der Waals surface area (Å²) in [5.41, 5.74) is 7.25. The summed E-state index contributed by atoms with van der Waals surface area (Å²) < 4.78 is 1.72. The van der Waals surface area contributed by atoms with Crippen molar-refractivity contribution in [3.05, 3.63) is 17.5 Å². The number of hydrogen-bond donors (Lipinski definition) is 2. The highest BCUT2D eigenvalue weighted by Gasteiger charge is 2.09. The van der Waals surface area contributed by atoms with Crippen LogP contribution < -0.4 is 11.1 Å². The molecule has 1 aromatic rings. The third kappa shape index (κ3) is 3.36. The molecule has 1 atom stereocenters. The fraction of sp³-hybridized carbons (Fsp3) is 0.600.